The van der Waals surface area contributed by atoms with Gasteiger partial charge in [-0.3, -0.25) is 15.0 Å². The molecule has 0 unspecified atom stereocenters. The number of hydrogen-bond donors (Lipinski definition) is 1. The van der Waals surface area contributed by atoms with Gasteiger partial charge >= 0.3 is 6.18 Å². The van der Waals surface area contributed by atoms with Crippen LogP contribution < -0.4 is 5.32 Å². The van der Waals surface area contributed by atoms with E-state index in [0.29, 0.717) is 18.7 Å². The highest BCUT2D eigenvalue weighted by molar-refractivity contribution is 5.90. The number of nitrogens with zero attached hydrogens (tertiary/aromatic N) is 2. The summed E-state index contributed by atoms with van der Waals surface area (Å²) in [5.74, 6) is -1.36. The van der Waals surface area contributed by atoms with E-state index in [9.17, 15) is 18.0 Å². The number of anilines is 1. The molecule has 1 amide bonds. The first kappa shape index (κ1) is 16.8. The van der Waals surface area contributed by atoms with Crippen LogP contribution in [-0.2, 0) is 4.79 Å². The quantitative estimate of drug-likeness (QED) is 0.927. The van der Waals surface area contributed by atoms with Crippen LogP contribution in [0, 0.1) is 5.92 Å². The van der Waals surface area contributed by atoms with Crippen LogP contribution in [0.1, 0.15) is 38.3 Å². The molecule has 1 aliphatic rings. The van der Waals surface area contributed by atoms with Crippen molar-refractivity contribution in [3.8, 4) is 0 Å². The van der Waals surface area contributed by atoms with Gasteiger partial charge in [-0.15, -0.1) is 0 Å². The zero-order valence-corrected chi connectivity index (χ0v) is 12.6. The molecule has 22 heavy (non-hydrogen) atoms. The number of alkyl halides is 3. The highest BCUT2D eigenvalue weighted by atomic mass is 19.4. The van der Waals surface area contributed by atoms with Gasteiger partial charge in [-0.1, -0.05) is 19.0 Å². The summed E-state index contributed by atoms with van der Waals surface area (Å²) in [6, 6.07) is 1.62. The molecule has 8 heteroatoms. The van der Waals surface area contributed by atoms with Crippen LogP contribution in [0.4, 0.5) is 19.1 Å². The van der Waals surface area contributed by atoms with Crippen LogP contribution in [0.3, 0.4) is 0 Å². The maximum atomic E-state index is 12.7. The minimum atomic E-state index is -4.20. The first-order valence-electron chi connectivity index (χ1n) is 7.31. The Balaban J connectivity index is 1.86. The van der Waals surface area contributed by atoms with Gasteiger partial charge in [0, 0.05) is 12.6 Å². The number of likely N-dealkylation sites (tertiary alicyclic amines) is 1. The lowest BCUT2D eigenvalue weighted by Crippen LogP contribution is -2.44. The van der Waals surface area contributed by atoms with Crippen molar-refractivity contribution in [1.29, 1.82) is 0 Å². The summed E-state index contributed by atoms with van der Waals surface area (Å²) in [5, 5.41) is 6.33. The Morgan fingerprint density at radius 2 is 2.27 bits per heavy atom. The van der Waals surface area contributed by atoms with E-state index in [2.05, 4.69) is 10.5 Å². The maximum absolute atomic E-state index is 12.7. The molecule has 1 aliphatic heterocycles. The number of aromatic nitrogens is 1. The SMILES string of the molecule is CC(C)c1cc(NC(=O)CN2CCC[C@@H](C(F)(F)F)C2)on1. The second-order valence-electron chi connectivity index (χ2n) is 5.93. The molecule has 1 atom stereocenters. The van der Waals surface area contributed by atoms with Crippen molar-refractivity contribution in [2.75, 3.05) is 25.0 Å². The predicted molar refractivity (Wildman–Crippen MR) is 74.4 cm³/mol. The number of rotatable bonds is 4. The number of halogens is 3. The summed E-state index contributed by atoms with van der Waals surface area (Å²) < 4.78 is 43.2. The standard InChI is InChI=1S/C14H20F3N3O2/c1-9(2)11-6-13(22-19-11)18-12(21)8-20-5-3-4-10(7-20)14(15,16)17/h6,9-10H,3-5,7-8H2,1-2H3,(H,18,21)/t10-/m1/s1. The lowest BCUT2D eigenvalue weighted by atomic mass is 9.97. The fourth-order valence-corrected chi connectivity index (χ4v) is 2.47. The van der Waals surface area contributed by atoms with Crippen LogP contribution >= 0.6 is 0 Å². The van der Waals surface area contributed by atoms with Crippen LogP contribution in [0.15, 0.2) is 10.6 Å². The van der Waals surface area contributed by atoms with Gasteiger partial charge in [-0.05, 0) is 25.3 Å². The van der Waals surface area contributed by atoms with E-state index in [1.807, 2.05) is 13.8 Å². The summed E-state index contributed by atoms with van der Waals surface area (Å²) in [7, 11) is 0. The minimum Gasteiger partial charge on any atom is -0.338 e. The fourth-order valence-electron chi connectivity index (χ4n) is 2.47. The van der Waals surface area contributed by atoms with E-state index in [0.717, 1.165) is 0 Å². The molecule has 2 rings (SSSR count). The Morgan fingerprint density at radius 3 is 2.86 bits per heavy atom. The summed E-state index contributed by atoms with van der Waals surface area (Å²) in [6.45, 7) is 4.16. The number of piperidine rings is 1. The molecule has 0 aliphatic carbocycles. The zero-order valence-electron chi connectivity index (χ0n) is 12.6. The van der Waals surface area contributed by atoms with Crippen LogP contribution in [0.25, 0.3) is 0 Å². The molecular formula is C14H20F3N3O2. The van der Waals surface area contributed by atoms with Crippen LogP contribution in [0.2, 0.25) is 0 Å². The topological polar surface area (TPSA) is 58.4 Å². The normalized spacial score (nSPS) is 20.4. The molecule has 1 fully saturated rings. The fraction of sp³-hybridized carbons (Fsp3) is 0.714. The average molecular weight is 319 g/mol. The second-order valence-corrected chi connectivity index (χ2v) is 5.93. The van der Waals surface area contributed by atoms with Crippen molar-refractivity contribution >= 4 is 11.8 Å². The Kier molecular flexibility index (Phi) is 5.10. The Morgan fingerprint density at radius 1 is 1.55 bits per heavy atom. The molecule has 0 aromatic carbocycles. The van der Waals surface area contributed by atoms with Gasteiger partial charge in [-0.2, -0.15) is 13.2 Å². The number of carbonyl (C=O) groups excluding carboxylic acids is 1. The summed E-state index contributed by atoms with van der Waals surface area (Å²) >= 11 is 0. The van der Waals surface area contributed by atoms with Crippen LogP contribution in [0.5, 0.6) is 0 Å². The largest absolute Gasteiger partial charge is 0.393 e. The molecule has 5 nitrogen and oxygen atoms in total. The first-order valence-corrected chi connectivity index (χ1v) is 7.31. The molecule has 1 N–H and O–H groups in total. The van der Waals surface area contributed by atoms with E-state index in [1.165, 1.54) is 4.90 Å². The van der Waals surface area contributed by atoms with Gasteiger partial charge in [0.25, 0.3) is 0 Å². The Hall–Kier alpha value is -1.57. The molecule has 1 aromatic heterocycles. The van der Waals surface area contributed by atoms with Gasteiger partial charge in [0.2, 0.25) is 11.8 Å². The van der Waals surface area contributed by atoms with Gasteiger partial charge < -0.3 is 4.52 Å². The van der Waals surface area contributed by atoms with E-state index in [-0.39, 0.29) is 31.3 Å². The molecule has 0 saturated carbocycles. The number of hydrogen-bond acceptors (Lipinski definition) is 4. The zero-order chi connectivity index (χ0) is 16.3. The van der Waals surface area contributed by atoms with E-state index in [1.54, 1.807) is 6.07 Å². The molecule has 2 heterocycles. The third-order valence-corrected chi connectivity index (χ3v) is 3.72. The smallest absolute Gasteiger partial charge is 0.338 e. The minimum absolute atomic E-state index is 0.0791. The number of nitrogens with one attached hydrogen (secondary N) is 1. The van der Waals surface area contributed by atoms with Gasteiger partial charge in [-0.25, -0.2) is 0 Å². The summed E-state index contributed by atoms with van der Waals surface area (Å²) in [6.07, 6.45) is -3.63. The Labute approximate surface area is 126 Å². The first-order chi connectivity index (χ1) is 10.3. The lowest BCUT2D eigenvalue weighted by Gasteiger charge is -2.33. The van der Waals surface area contributed by atoms with Crippen molar-refractivity contribution < 1.29 is 22.5 Å². The van der Waals surface area contributed by atoms with Crippen molar-refractivity contribution in [1.82, 2.24) is 10.1 Å². The average Bonchev–Trinajstić information content (AvgIpc) is 2.86. The van der Waals surface area contributed by atoms with E-state index in [4.69, 9.17) is 4.52 Å². The lowest BCUT2D eigenvalue weighted by molar-refractivity contribution is -0.186. The summed E-state index contributed by atoms with van der Waals surface area (Å²) in [5.41, 5.74) is 0.713. The van der Waals surface area contributed by atoms with Gasteiger partial charge in [0.1, 0.15) is 0 Å². The van der Waals surface area contributed by atoms with Crippen molar-refractivity contribution in [2.24, 2.45) is 5.92 Å². The molecule has 0 radical (unpaired) electrons. The summed E-state index contributed by atoms with van der Waals surface area (Å²) in [4.78, 5) is 13.4. The monoisotopic (exact) mass is 319 g/mol. The number of carbonyl (C=O) groups is 1. The molecular weight excluding hydrogens is 299 g/mol. The predicted octanol–water partition coefficient (Wildman–Crippen LogP) is 3.01. The van der Waals surface area contributed by atoms with E-state index < -0.39 is 18.0 Å². The maximum Gasteiger partial charge on any atom is 0.393 e. The van der Waals surface area contributed by atoms with Gasteiger partial charge in [0.05, 0.1) is 18.2 Å². The third kappa shape index (κ3) is 4.46. The second kappa shape index (κ2) is 6.68. The molecule has 0 spiro atoms. The van der Waals surface area contributed by atoms with Crippen molar-refractivity contribution in [3.63, 3.8) is 0 Å². The highest BCUT2D eigenvalue weighted by Crippen LogP contribution is 2.33. The molecule has 124 valence electrons. The molecule has 1 aromatic rings. The third-order valence-electron chi connectivity index (χ3n) is 3.72. The Bertz CT molecular complexity index is 514. The van der Waals surface area contributed by atoms with Crippen molar-refractivity contribution in [3.05, 3.63) is 11.8 Å². The van der Waals surface area contributed by atoms with E-state index >= 15 is 0 Å². The molecule has 0 bridgehead atoms. The van der Waals surface area contributed by atoms with Crippen LogP contribution in [-0.4, -0.2) is 41.8 Å². The van der Waals surface area contributed by atoms with Crippen molar-refractivity contribution in [2.45, 2.75) is 38.8 Å². The van der Waals surface area contributed by atoms with Gasteiger partial charge in [0.15, 0.2) is 0 Å². The molecule has 1 saturated heterocycles. The highest BCUT2D eigenvalue weighted by Gasteiger charge is 2.41. The number of amides is 1.